The van der Waals surface area contributed by atoms with Gasteiger partial charge in [-0.25, -0.2) is 0 Å². The van der Waals surface area contributed by atoms with Crippen molar-refractivity contribution in [2.75, 3.05) is 18.0 Å². The maximum absolute atomic E-state index is 11.2. The van der Waals surface area contributed by atoms with Crippen molar-refractivity contribution in [1.82, 2.24) is 0 Å². The second kappa shape index (κ2) is 12.0. The predicted molar refractivity (Wildman–Crippen MR) is 154 cm³/mol. The minimum atomic E-state index is -0.433. The van der Waals surface area contributed by atoms with Gasteiger partial charge in [0.1, 0.15) is 0 Å². The van der Waals surface area contributed by atoms with Gasteiger partial charge in [-0.05, 0) is 89.4 Å². The number of hydrogen-bond acceptors (Lipinski definition) is 5. The Labute approximate surface area is 230 Å². The van der Waals surface area contributed by atoms with Gasteiger partial charge >= 0.3 is 0 Å². The minimum Gasteiger partial charge on any atom is -0.372 e. The van der Waals surface area contributed by atoms with E-state index < -0.39 is 9.85 Å². The average Bonchev–Trinajstić information content (AvgIpc) is 2.81. The number of benzene rings is 3. The van der Waals surface area contributed by atoms with E-state index in [0.717, 1.165) is 25.9 Å². The molecule has 0 radical (unpaired) electrons. The monoisotopic (exact) mass is 691 g/mol. The molecule has 0 unspecified atom stereocenters. The minimum absolute atomic E-state index is 0.00349. The summed E-state index contributed by atoms with van der Waals surface area (Å²) in [6.07, 6.45) is 0. The summed E-state index contributed by atoms with van der Waals surface area (Å²) in [5, 5.41) is 22.3. The fourth-order valence-corrected chi connectivity index (χ4v) is 4.63. The zero-order valence-corrected chi connectivity index (χ0v) is 23.2. The van der Waals surface area contributed by atoms with E-state index >= 15 is 0 Å². The molecule has 3 aromatic rings. The molecular formula is C26H19I2N3O4. The van der Waals surface area contributed by atoms with E-state index in [1.54, 1.807) is 12.1 Å². The van der Waals surface area contributed by atoms with Crippen LogP contribution in [0, 0.1) is 51.1 Å². The summed E-state index contributed by atoms with van der Waals surface area (Å²) in [6, 6.07) is 15.2. The van der Waals surface area contributed by atoms with Crippen molar-refractivity contribution in [3.8, 4) is 23.7 Å². The number of nitrogens with zero attached hydrogens (tertiary/aromatic N) is 3. The van der Waals surface area contributed by atoms with Gasteiger partial charge in [-0.3, -0.25) is 20.2 Å². The summed E-state index contributed by atoms with van der Waals surface area (Å²) in [5.74, 6) is 12.3. The first-order valence-corrected chi connectivity index (χ1v) is 12.7. The van der Waals surface area contributed by atoms with E-state index in [1.807, 2.05) is 63.4 Å². The van der Waals surface area contributed by atoms with Crippen molar-refractivity contribution >= 4 is 62.2 Å². The molecule has 0 saturated carbocycles. The molecule has 7 nitrogen and oxygen atoms in total. The second-order valence-electron chi connectivity index (χ2n) is 7.35. The number of non-ortho nitro benzene ring substituents is 2. The zero-order chi connectivity index (χ0) is 25.5. The molecule has 0 fully saturated rings. The molecule has 9 heteroatoms. The van der Waals surface area contributed by atoms with Crippen LogP contribution in [0.5, 0.6) is 0 Å². The van der Waals surface area contributed by atoms with Crippen molar-refractivity contribution in [3.63, 3.8) is 0 Å². The van der Waals surface area contributed by atoms with Gasteiger partial charge in [0, 0.05) is 72.4 Å². The van der Waals surface area contributed by atoms with E-state index in [-0.39, 0.29) is 11.4 Å². The van der Waals surface area contributed by atoms with Gasteiger partial charge in [0.05, 0.1) is 9.85 Å². The molecule has 0 aliphatic heterocycles. The Kier molecular flexibility index (Phi) is 9.07. The van der Waals surface area contributed by atoms with Crippen LogP contribution in [0.3, 0.4) is 0 Å². The van der Waals surface area contributed by atoms with Crippen molar-refractivity contribution in [2.45, 2.75) is 13.8 Å². The highest BCUT2D eigenvalue weighted by Gasteiger charge is 2.09. The molecule has 0 aliphatic rings. The van der Waals surface area contributed by atoms with Crippen LogP contribution in [0.15, 0.2) is 54.6 Å². The lowest BCUT2D eigenvalue weighted by Crippen LogP contribution is -2.21. The fraction of sp³-hybridized carbons (Fsp3) is 0.154. The lowest BCUT2D eigenvalue weighted by molar-refractivity contribution is -0.385. The summed E-state index contributed by atoms with van der Waals surface area (Å²) in [4.78, 5) is 23.7. The second-order valence-corrected chi connectivity index (χ2v) is 9.84. The van der Waals surface area contributed by atoms with Gasteiger partial charge < -0.3 is 4.90 Å². The first-order valence-electron chi connectivity index (χ1n) is 10.5. The van der Waals surface area contributed by atoms with E-state index in [0.29, 0.717) is 22.3 Å². The predicted octanol–water partition coefficient (Wildman–Crippen LogP) is 6.36. The van der Waals surface area contributed by atoms with E-state index in [2.05, 4.69) is 42.4 Å². The number of nitro groups is 2. The van der Waals surface area contributed by atoms with Gasteiger partial charge in [-0.1, -0.05) is 23.7 Å². The third-order valence-corrected chi connectivity index (χ3v) is 6.18. The quantitative estimate of drug-likeness (QED) is 0.135. The summed E-state index contributed by atoms with van der Waals surface area (Å²) in [7, 11) is 0. The average molecular weight is 691 g/mol. The summed E-state index contributed by atoms with van der Waals surface area (Å²) >= 11 is 4.07. The molecular weight excluding hydrogens is 672 g/mol. The molecule has 35 heavy (non-hydrogen) atoms. The van der Waals surface area contributed by atoms with Gasteiger partial charge in [0.2, 0.25) is 0 Å². The Bertz CT molecular complexity index is 1330. The molecule has 0 spiro atoms. The first-order chi connectivity index (χ1) is 16.7. The molecule has 0 bridgehead atoms. The molecule has 0 aromatic heterocycles. The summed E-state index contributed by atoms with van der Waals surface area (Å²) in [5.41, 5.74) is 3.48. The molecule has 0 N–H and O–H groups in total. The summed E-state index contributed by atoms with van der Waals surface area (Å²) < 4.78 is 1.47. The highest BCUT2D eigenvalue weighted by Crippen LogP contribution is 2.22. The maximum atomic E-state index is 11.2. The Morgan fingerprint density at radius 3 is 1.37 bits per heavy atom. The number of anilines is 1. The Morgan fingerprint density at radius 1 is 0.657 bits per heavy atom. The molecule has 0 atom stereocenters. The highest BCUT2D eigenvalue weighted by molar-refractivity contribution is 14.1. The summed E-state index contributed by atoms with van der Waals surface area (Å²) in [6.45, 7) is 5.71. The van der Waals surface area contributed by atoms with E-state index in [9.17, 15) is 20.2 Å². The van der Waals surface area contributed by atoms with Crippen LogP contribution in [0.2, 0.25) is 0 Å². The van der Waals surface area contributed by atoms with Crippen molar-refractivity contribution in [2.24, 2.45) is 0 Å². The molecule has 0 aliphatic carbocycles. The highest BCUT2D eigenvalue weighted by atomic mass is 127. The smallest absolute Gasteiger partial charge is 0.271 e. The SMILES string of the molecule is CCN(CC)c1cc(C#Cc2cc(I)cc([N+](=O)[O-])c2)cc(C#Cc2cc(I)cc([N+](=O)[O-])c2)c1. The zero-order valence-electron chi connectivity index (χ0n) is 18.8. The fourth-order valence-electron chi connectivity index (χ4n) is 3.32. The van der Waals surface area contributed by atoms with Crippen LogP contribution < -0.4 is 4.90 Å². The molecule has 3 rings (SSSR count). The third-order valence-electron chi connectivity index (χ3n) is 4.94. The van der Waals surface area contributed by atoms with E-state index in [1.165, 1.54) is 24.3 Å². The number of halogens is 2. The Hall–Kier alpha value is -3.16. The van der Waals surface area contributed by atoms with Crippen LogP contribution in [0.25, 0.3) is 0 Å². The molecule has 176 valence electrons. The van der Waals surface area contributed by atoms with Gasteiger partial charge in [0.15, 0.2) is 0 Å². The van der Waals surface area contributed by atoms with Crippen molar-refractivity contribution in [3.05, 3.63) is 104 Å². The number of nitro benzene ring substituents is 2. The largest absolute Gasteiger partial charge is 0.372 e. The van der Waals surface area contributed by atoms with Crippen LogP contribution in [-0.2, 0) is 0 Å². The van der Waals surface area contributed by atoms with Gasteiger partial charge in [-0.2, -0.15) is 0 Å². The van der Waals surface area contributed by atoms with Crippen molar-refractivity contribution in [1.29, 1.82) is 0 Å². The first kappa shape index (κ1) is 26.4. The lowest BCUT2D eigenvalue weighted by Gasteiger charge is -2.21. The number of hydrogen-bond donors (Lipinski definition) is 0. The molecule has 0 saturated heterocycles. The number of rotatable bonds is 5. The van der Waals surface area contributed by atoms with Crippen LogP contribution in [-0.4, -0.2) is 22.9 Å². The maximum Gasteiger partial charge on any atom is 0.271 e. The van der Waals surface area contributed by atoms with E-state index in [4.69, 9.17) is 0 Å². The third kappa shape index (κ3) is 7.41. The normalized spacial score (nSPS) is 9.94. The van der Waals surface area contributed by atoms with Crippen LogP contribution in [0.1, 0.15) is 36.1 Å². The van der Waals surface area contributed by atoms with Gasteiger partial charge in [0.25, 0.3) is 11.4 Å². The van der Waals surface area contributed by atoms with Crippen LogP contribution in [0.4, 0.5) is 17.1 Å². The van der Waals surface area contributed by atoms with Crippen LogP contribution >= 0.6 is 45.2 Å². The van der Waals surface area contributed by atoms with Gasteiger partial charge in [-0.15, -0.1) is 0 Å². The molecule has 0 heterocycles. The molecule has 3 aromatic carbocycles. The Morgan fingerprint density at radius 2 is 1.03 bits per heavy atom. The molecule has 0 amide bonds. The topological polar surface area (TPSA) is 89.5 Å². The van der Waals surface area contributed by atoms with Crippen molar-refractivity contribution < 1.29 is 9.85 Å². The Balaban J connectivity index is 2.06. The standard InChI is InChI=1S/C26H19I2N3O4/c1-3-29(4-2)24-12-18(5-7-20-10-22(27)16-25(14-20)30(32)33)9-19(13-24)6-8-21-11-23(28)17-26(15-21)31(34)35/h9-17H,3-4H2,1-2H3. The lowest BCUT2D eigenvalue weighted by atomic mass is 10.1.